The summed E-state index contributed by atoms with van der Waals surface area (Å²) in [7, 11) is 1.56. The highest BCUT2D eigenvalue weighted by atomic mass is 16.5. The first-order chi connectivity index (χ1) is 8.70. The Balaban J connectivity index is 1.84. The van der Waals surface area contributed by atoms with Crippen LogP contribution in [0.15, 0.2) is 24.3 Å². The van der Waals surface area contributed by atoms with Gasteiger partial charge in [-0.15, -0.1) is 0 Å². The number of methoxy groups -OCH3 is 1. The van der Waals surface area contributed by atoms with Gasteiger partial charge in [0.25, 0.3) is 5.91 Å². The van der Waals surface area contributed by atoms with E-state index in [0.717, 1.165) is 19.3 Å². The van der Waals surface area contributed by atoms with Crippen LogP contribution < -0.4 is 15.6 Å². The maximum Gasteiger partial charge on any atom is 0.269 e. The van der Waals surface area contributed by atoms with E-state index in [9.17, 15) is 9.59 Å². The van der Waals surface area contributed by atoms with Gasteiger partial charge in [-0.1, -0.05) is 6.42 Å². The molecule has 2 amide bonds. The van der Waals surface area contributed by atoms with Crippen LogP contribution in [0.3, 0.4) is 0 Å². The standard InChI is InChI=1S/C13H16N2O3/c1-18-11-7-5-10(6-8-11)13(17)15-14-12(16)9-3-2-4-9/h5-9H,2-4H2,1H3,(H,14,16)(H,15,17). The second kappa shape index (κ2) is 5.53. The average molecular weight is 248 g/mol. The summed E-state index contributed by atoms with van der Waals surface area (Å²) in [6.07, 6.45) is 2.90. The number of amides is 2. The summed E-state index contributed by atoms with van der Waals surface area (Å²) in [4.78, 5) is 23.2. The maximum atomic E-state index is 11.7. The van der Waals surface area contributed by atoms with Crippen molar-refractivity contribution in [3.05, 3.63) is 29.8 Å². The summed E-state index contributed by atoms with van der Waals surface area (Å²) < 4.78 is 5.00. The Morgan fingerprint density at radius 3 is 2.33 bits per heavy atom. The van der Waals surface area contributed by atoms with E-state index < -0.39 is 0 Å². The second-order valence-corrected chi connectivity index (χ2v) is 4.30. The topological polar surface area (TPSA) is 67.4 Å². The van der Waals surface area contributed by atoms with Crippen LogP contribution in [0.25, 0.3) is 0 Å². The molecule has 1 aliphatic carbocycles. The smallest absolute Gasteiger partial charge is 0.269 e. The van der Waals surface area contributed by atoms with E-state index in [0.29, 0.717) is 11.3 Å². The highest BCUT2D eigenvalue weighted by Crippen LogP contribution is 2.25. The first-order valence-corrected chi connectivity index (χ1v) is 5.95. The van der Waals surface area contributed by atoms with Crippen LogP contribution in [0, 0.1) is 5.92 Å². The SMILES string of the molecule is COc1ccc(C(=O)NNC(=O)C2CCC2)cc1. The van der Waals surface area contributed by atoms with Gasteiger partial charge in [-0.3, -0.25) is 20.4 Å². The molecule has 18 heavy (non-hydrogen) atoms. The average Bonchev–Trinajstić information content (AvgIpc) is 2.34. The number of carbonyl (C=O) groups is 2. The number of nitrogens with one attached hydrogen (secondary N) is 2. The Morgan fingerprint density at radius 1 is 1.17 bits per heavy atom. The Kier molecular flexibility index (Phi) is 3.82. The summed E-state index contributed by atoms with van der Waals surface area (Å²) in [6, 6.07) is 6.68. The minimum Gasteiger partial charge on any atom is -0.497 e. The number of rotatable bonds is 3. The van der Waals surface area contributed by atoms with Gasteiger partial charge in [0, 0.05) is 11.5 Å². The van der Waals surface area contributed by atoms with Crippen molar-refractivity contribution < 1.29 is 14.3 Å². The van der Waals surface area contributed by atoms with E-state index in [1.807, 2.05) is 0 Å². The fourth-order valence-corrected chi connectivity index (χ4v) is 1.71. The predicted octanol–water partition coefficient (Wildman–Crippen LogP) is 1.26. The van der Waals surface area contributed by atoms with Crippen LogP contribution in [-0.2, 0) is 4.79 Å². The number of ether oxygens (including phenoxy) is 1. The third-order valence-corrected chi connectivity index (χ3v) is 3.13. The van der Waals surface area contributed by atoms with Gasteiger partial charge in [0.15, 0.2) is 0 Å². The molecule has 1 fully saturated rings. The van der Waals surface area contributed by atoms with Crippen molar-refractivity contribution in [2.75, 3.05) is 7.11 Å². The summed E-state index contributed by atoms with van der Waals surface area (Å²) in [5, 5.41) is 0. The van der Waals surface area contributed by atoms with E-state index in [2.05, 4.69) is 10.9 Å². The lowest BCUT2D eigenvalue weighted by atomic mass is 9.85. The lowest BCUT2D eigenvalue weighted by molar-refractivity contribution is -0.128. The molecule has 5 nitrogen and oxygen atoms in total. The maximum absolute atomic E-state index is 11.7. The highest BCUT2D eigenvalue weighted by molar-refractivity contribution is 5.95. The number of carbonyl (C=O) groups excluding carboxylic acids is 2. The summed E-state index contributed by atoms with van der Waals surface area (Å²) in [6.45, 7) is 0. The third-order valence-electron chi connectivity index (χ3n) is 3.13. The fourth-order valence-electron chi connectivity index (χ4n) is 1.71. The molecule has 0 radical (unpaired) electrons. The molecule has 0 unspecified atom stereocenters. The van der Waals surface area contributed by atoms with Crippen LogP contribution in [0.4, 0.5) is 0 Å². The molecule has 0 aromatic heterocycles. The largest absolute Gasteiger partial charge is 0.497 e. The van der Waals surface area contributed by atoms with Crippen molar-refractivity contribution in [3.63, 3.8) is 0 Å². The van der Waals surface area contributed by atoms with Crippen LogP contribution in [0.5, 0.6) is 5.75 Å². The van der Waals surface area contributed by atoms with Crippen LogP contribution in [-0.4, -0.2) is 18.9 Å². The van der Waals surface area contributed by atoms with E-state index in [-0.39, 0.29) is 17.7 Å². The van der Waals surface area contributed by atoms with Crippen molar-refractivity contribution in [3.8, 4) is 5.75 Å². The number of hydrogen-bond donors (Lipinski definition) is 2. The van der Waals surface area contributed by atoms with Crippen molar-refractivity contribution in [1.82, 2.24) is 10.9 Å². The van der Waals surface area contributed by atoms with Gasteiger partial charge < -0.3 is 4.74 Å². The first-order valence-electron chi connectivity index (χ1n) is 5.95. The zero-order chi connectivity index (χ0) is 13.0. The van der Waals surface area contributed by atoms with Crippen molar-refractivity contribution in [2.45, 2.75) is 19.3 Å². The number of hydrogen-bond acceptors (Lipinski definition) is 3. The monoisotopic (exact) mass is 248 g/mol. The van der Waals surface area contributed by atoms with Gasteiger partial charge in [-0.25, -0.2) is 0 Å². The van der Waals surface area contributed by atoms with Crippen LogP contribution in [0.2, 0.25) is 0 Å². The van der Waals surface area contributed by atoms with Gasteiger partial charge in [0.2, 0.25) is 5.91 Å². The molecule has 1 aliphatic rings. The first kappa shape index (κ1) is 12.4. The molecule has 1 aromatic carbocycles. The number of hydrazine groups is 1. The molecule has 2 rings (SSSR count). The van der Waals surface area contributed by atoms with E-state index in [1.165, 1.54) is 0 Å². The Bertz CT molecular complexity index is 438. The molecule has 0 heterocycles. The van der Waals surface area contributed by atoms with Crippen molar-refractivity contribution in [1.29, 1.82) is 0 Å². The van der Waals surface area contributed by atoms with Gasteiger partial charge in [0.1, 0.15) is 5.75 Å². The van der Waals surface area contributed by atoms with Crippen molar-refractivity contribution in [2.24, 2.45) is 5.92 Å². The van der Waals surface area contributed by atoms with E-state index in [1.54, 1.807) is 31.4 Å². The summed E-state index contributed by atoms with van der Waals surface area (Å²) >= 11 is 0. The molecule has 1 aromatic rings. The second-order valence-electron chi connectivity index (χ2n) is 4.30. The molecule has 1 saturated carbocycles. The van der Waals surface area contributed by atoms with Gasteiger partial charge in [0.05, 0.1) is 7.11 Å². The lowest BCUT2D eigenvalue weighted by Crippen LogP contribution is -2.45. The summed E-state index contributed by atoms with van der Waals surface area (Å²) in [5.41, 5.74) is 5.32. The summed E-state index contributed by atoms with van der Waals surface area (Å²) in [5.74, 6) is 0.305. The Hall–Kier alpha value is -2.04. The molecule has 0 spiro atoms. The van der Waals surface area contributed by atoms with Gasteiger partial charge in [-0.05, 0) is 37.1 Å². The zero-order valence-electron chi connectivity index (χ0n) is 10.2. The minimum absolute atomic E-state index is 0.0566. The molecule has 0 saturated heterocycles. The quantitative estimate of drug-likeness (QED) is 0.791. The van der Waals surface area contributed by atoms with E-state index >= 15 is 0 Å². The molecule has 0 aliphatic heterocycles. The van der Waals surface area contributed by atoms with E-state index in [4.69, 9.17) is 4.74 Å². The van der Waals surface area contributed by atoms with Gasteiger partial charge in [-0.2, -0.15) is 0 Å². The predicted molar refractivity (Wildman–Crippen MR) is 65.9 cm³/mol. The van der Waals surface area contributed by atoms with Crippen LogP contribution >= 0.6 is 0 Å². The fraction of sp³-hybridized carbons (Fsp3) is 0.385. The molecular weight excluding hydrogens is 232 g/mol. The van der Waals surface area contributed by atoms with Crippen LogP contribution in [0.1, 0.15) is 29.6 Å². The zero-order valence-corrected chi connectivity index (χ0v) is 10.2. The Morgan fingerprint density at radius 2 is 1.83 bits per heavy atom. The molecule has 5 heteroatoms. The molecule has 0 bridgehead atoms. The van der Waals surface area contributed by atoms with Gasteiger partial charge >= 0.3 is 0 Å². The normalized spacial score (nSPS) is 14.5. The molecule has 96 valence electrons. The molecular formula is C13H16N2O3. The molecule has 2 N–H and O–H groups in total. The minimum atomic E-state index is -0.328. The molecule has 0 atom stereocenters. The number of benzene rings is 1. The Labute approximate surface area is 105 Å². The third kappa shape index (κ3) is 2.80. The highest BCUT2D eigenvalue weighted by Gasteiger charge is 2.25. The lowest BCUT2D eigenvalue weighted by Gasteiger charge is -2.23. The van der Waals surface area contributed by atoms with Crippen molar-refractivity contribution >= 4 is 11.8 Å².